The molecule has 1 atom stereocenters. The molecule has 1 aliphatic rings. The first kappa shape index (κ1) is 19.8. The number of β-lactam (4-membered cyclic amide) rings is 1. The average Bonchev–Trinajstić information content (AvgIpc) is 3.14. The zero-order chi connectivity index (χ0) is 21.5. The Morgan fingerprint density at radius 2 is 1.87 bits per heavy atom. The van der Waals surface area contributed by atoms with Gasteiger partial charge in [0.05, 0.1) is 19.2 Å². The van der Waals surface area contributed by atoms with Gasteiger partial charge in [0.1, 0.15) is 17.3 Å². The molecule has 1 N–H and O–H groups in total. The van der Waals surface area contributed by atoms with E-state index in [1.807, 2.05) is 51.1 Å². The van der Waals surface area contributed by atoms with E-state index in [2.05, 4.69) is 5.32 Å². The van der Waals surface area contributed by atoms with Crippen LogP contribution in [-0.2, 0) is 15.1 Å². The molecule has 0 saturated carbocycles. The van der Waals surface area contributed by atoms with Crippen LogP contribution in [0.15, 0.2) is 59.0 Å². The second-order valence-corrected chi connectivity index (χ2v) is 7.62. The molecule has 6 heteroatoms. The summed E-state index contributed by atoms with van der Waals surface area (Å²) in [5, 5.41) is 2.95. The lowest BCUT2D eigenvalue weighted by atomic mass is 9.79. The molecule has 0 spiro atoms. The number of rotatable bonds is 5. The predicted molar refractivity (Wildman–Crippen MR) is 115 cm³/mol. The quantitative estimate of drug-likeness (QED) is 0.636. The number of carbonyl (C=O) groups excluding carboxylic acids is 2. The summed E-state index contributed by atoms with van der Waals surface area (Å²) in [7, 11) is 1.55. The van der Waals surface area contributed by atoms with Gasteiger partial charge in [-0.05, 0) is 56.7 Å². The van der Waals surface area contributed by atoms with Crippen molar-refractivity contribution in [1.82, 2.24) is 0 Å². The van der Waals surface area contributed by atoms with E-state index in [1.54, 1.807) is 36.3 Å². The number of anilines is 2. The first-order valence-electron chi connectivity index (χ1n) is 9.78. The van der Waals surface area contributed by atoms with Crippen molar-refractivity contribution in [1.29, 1.82) is 0 Å². The van der Waals surface area contributed by atoms with E-state index >= 15 is 0 Å². The van der Waals surface area contributed by atoms with Crippen molar-refractivity contribution in [2.45, 2.75) is 32.7 Å². The number of benzene rings is 2. The highest BCUT2D eigenvalue weighted by molar-refractivity contribution is 6.17. The van der Waals surface area contributed by atoms with Crippen LogP contribution in [0.1, 0.15) is 29.1 Å². The Bertz CT molecular complexity index is 1130. The van der Waals surface area contributed by atoms with Crippen LogP contribution < -0.4 is 15.0 Å². The third-order valence-corrected chi connectivity index (χ3v) is 5.51. The number of nitrogens with one attached hydrogen (secondary N) is 1. The van der Waals surface area contributed by atoms with Crippen molar-refractivity contribution >= 4 is 23.2 Å². The molecule has 1 aliphatic heterocycles. The second-order valence-electron chi connectivity index (χ2n) is 7.62. The third-order valence-electron chi connectivity index (χ3n) is 5.51. The van der Waals surface area contributed by atoms with Crippen LogP contribution in [0.4, 0.5) is 11.4 Å². The minimum absolute atomic E-state index is 0.0221. The number of hydrogen-bond donors (Lipinski definition) is 1. The normalized spacial score (nSPS) is 18.1. The molecule has 2 heterocycles. The first-order valence-corrected chi connectivity index (χ1v) is 9.78. The summed E-state index contributed by atoms with van der Waals surface area (Å²) in [4.78, 5) is 28.1. The van der Waals surface area contributed by atoms with Gasteiger partial charge in [-0.15, -0.1) is 0 Å². The van der Waals surface area contributed by atoms with E-state index < -0.39 is 5.54 Å². The van der Waals surface area contributed by atoms with Gasteiger partial charge in [-0.1, -0.05) is 29.8 Å². The molecule has 154 valence electrons. The molecular weight excluding hydrogens is 380 g/mol. The number of furan rings is 1. The van der Waals surface area contributed by atoms with Crippen molar-refractivity contribution in [2.24, 2.45) is 0 Å². The van der Waals surface area contributed by atoms with Crippen molar-refractivity contribution in [3.05, 3.63) is 77.2 Å². The zero-order valence-corrected chi connectivity index (χ0v) is 17.5. The molecule has 0 unspecified atom stereocenters. The molecule has 1 fully saturated rings. The van der Waals surface area contributed by atoms with Crippen LogP contribution in [0.2, 0.25) is 0 Å². The van der Waals surface area contributed by atoms with Gasteiger partial charge in [0.2, 0.25) is 5.91 Å². The summed E-state index contributed by atoms with van der Waals surface area (Å²) in [6, 6.07) is 16.6. The smallest absolute Gasteiger partial charge is 0.259 e. The molecule has 0 aliphatic carbocycles. The lowest BCUT2D eigenvalue weighted by molar-refractivity contribution is -0.138. The van der Waals surface area contributed by atoms with Gasteiger partial charge in [-0.2, -0.15) is 0 Å². The minimum atomic E-state index is -1.27. The highest BCUT2D eigenvalue weighted by Crippen LogP contribution is 2.47. The second kappa shape index (κ2) is 7.37. The molecule has 6 nitrogen and oxygen atoms in total. The van der Waals surface area contributed by atoms with Crippen LogP contribution in [-0.4, -0.2) is 18.9 Å². The summed E-state index contributed by atoms with van der Waals surface area (Å²) >= 11 is 0. The molecule has 30 heavy (non-hydrogen) atoms. The van der Waals surface area contributed by atoms with Gasteiger partial charge >= 0.3 is 0 Å². The molecule has 1 saturated heterocycles. The van der Waals surface area contributed by atoms with Crippen molar-refractivity contribution < 1.29 is 18.7 Å². The van der Waals surface area contributed by atoms with Crippen molar-refractivity contribution in [3.8, 4) is 5.75 Å². The van der Waals surface area contributed by atoms with Gasteiger partial charge in [-0.25, -0.2) is 0 Å². The largest absolute Gasteiger partial charge is 0.495 e. The topological polar surface area (TPSA) is 71.8 Å². The Hall–Kier alpha value is -3.54. The Morgan fingerprint density at radius 3 is 2.50 bits per heavy atom. The zero-order valence-electron chi connectivity index (χ0n) is 17.5. The molecule has 2 aromatic carbocycles. The van der Waals surface area contributed by atoms with Crippen LogP contribution in [0.5, 0.6) is 5.75 Å². The number of amides is 2. The lowest BCUT2D eigenvalue weighted by Crippen LogP contribution is -2.67. The minimum Gasteiger partial charge on any atom is -0.495 e. The Kier molecular flexibility index (Phi) is 4.86. The number of methoxy groups -OCH3 is 1. The maximum Gasteiger partial charge on any atom is 0.259 e. The van der Waals surface area contributed by atoms with E-state index in [1.165, 1.54) is 0 Å². The van der Waals surface area contributed by atoms with E-state index in [0.29, 0.717) is 28.6 Å². The van der Waals surface area contributed by atoms with Gasteiger partial charge in [0.25, 0.3) is 5.91 Å². The molecule has 0 radical (unpaired) electrons. The highest BCUT2D eigenvalue weighted by atomic mass is 16.5. The maximum absolute atomic E-state index is 13.7. The standard InChI is InChI=1S/C24H24N2O4/c1-15-9-11-19(16(2)13-15)26-22(27)14-24(26,21-12-10-17(3)30-21)23(28)25-18-7-5-6-8-20(18)29-4/h5-13H,14H2,1-4H3,(H,25,28)/t24-/m0/s1. The Balaban J connectivity index is 1.82. The van der Waals surface area contributed by atoms with Gasteiger partial charge in [0.15, 0.2) is 5.54 Å². The van der Waals surface area contributed by atoms with Crippen LogP contribution >= 0.6 is 0 Å². The summed E-state index contributed by atoms with van der Waals surface area (Å²) in [6.45, 7) is 5.74. The predicted octanol–water partition coefficient (Wildman–Crippen LogP) is 4.48. The monoisotopic (exact) mass is 404 g/mol. The highest BCUT2D eigenvalue weighted by Gasteiger charge is 2.61. The van der Waals surface area contributed by atoms with Crippen LogP contribution in [0.25, 0.3) is 0 Å². The van der Waals surface area contributed by atoms with E-state index in [-0.39, 0.29) is 18.2 Å². The van der Waals surface area contributed by atoms with Crippen LogP contribution in [0.3, 0.4) is 0 Å². The van der Waals surface area contributed by atoms with E-state index in [4.69, 9.17) is 9.15 Å². The first-order chi connectivity index (χ1) is 14.4. The summed E-state index contributed by atoms with van der Waals surface area (Å²) < 4.78 is 11.3. The molecule has 3 aromatic rings. The van der Waals surface area contributed by atoms with Gasteiger partial charge in [0, 0.05) is 5.69 Å². The molecule has 1 aromatic heterocycles. The van der Waals surface area contributed by atoms with Crippen LogP contribution in [0, 0.1) is 20.8 Å². The van der Waals surface area contributed by atoms with Crippen molar-refractivity contribution in [2.75, 3.05) is 17.3 Å². The SMILES string of the molecule is COc1ccccc1NC(=O)[C@@]1(c2ccc(C)o2)CC(=O)N1c1ccc(C)cc1C. The van der Waals surface area contributed by atoms with E-state index in [0.717, 1.165) is 11.1 Å². The Labute approximate surface area is 175 Å². The third kappa shape index (κ3) is 3.05. The average molecular weight is 404 g/mol. The number of carbonyl (C=O) groups is 2. The number of ether oxygens (including phenoxy) is 1. The van der Waals surface area contributed by atoms with Gasteiger partial charge < -0.3 is 14.5 Å². The lowest BCUT2D eigenvalue weighted by Gasteiger charge is -2.49. The molecule has 2 amide bonds. The Morgan fingerprint density at radius 1 is 1.10 bits per heavy atom. The molecule has 0 bridgehead atoms. The fraction of sp³-hybridized carbons (Fsp3) is 0.250. The number of nitrogens with zero attached hydrogens (tertiary/aromatic N) is 1. The molecule has 4 rings (SSSR count). The number of hydrogen-bond acceptors (Lipinski definition) is 4. The molecular formula is C24H24N2O4. The number of para-hydroxylation sites is 2. The fourth-order valence-corrected chi connectivity index (χ4v) is 4.02. The van der Waals surface area contributed by atoms with Gasteiger partial charge in [-0.3, -0.25) is 14.5 Å². The summed E-state index contributed by atoms with van der Waals surface area (Å²) in [5.74, 6) is 1.17. The van der Waals surface area contributed by atoms with Crippen molar-refractivity contribution in [3.63, 3.8) is 0 Å². The fourth-order valence-electron chi connectivity index (χ4n) is 4.02. The number of aryl methyl sites for hydroxylation is 3. The maximum atomic E-state index is 13.7. The summed E-state index contributed by atoms with van der Waals surface area (Å²) in [6.07, 6.45) is 0.0221. The van der Waals surface area contributed by atoms with E-state index in [9.17, 15) is 9.59 Å². The summed E-state index contributed by atoms with van der Waals surface area (Å²) in [5.41, 5.74) is 1.96.